The Morgan fingerprint density at radius 1 is 0.783 bits per heavy atom. The van der Waals surface area contributed by atoms with E-state index in [1.807, 2.05) is 24.3 Å². The number of hydrogen-bond acceptors (Lipinski definition) is 6. The normalized spacial score (nSPS) is 20.3. The van der Waals surface area contributed by atoms with Crippen LogP contribution in [-0.2, 0) is 32.2 Å². The average Bonchev–Trinajstić information content (AvgIpc) is 3.09. The van der Waals surface area contributed by atoms with E-state index < -0.39 is 12.3 Å². The van der Waals surface area contributed by atoms with Gasteiger partial charge in [-0.3, -0.25) is 9.59 Å². The monoisotopic (exact) mass is 628 g/mol. The molecule has 0 spiro atoms. The topological polar surface area (TPSA) is 108 Å². The van der Waals surface area contributed by atoms with Crippen molar-refractivity contribution in [2.45, 2.75) is 95.9 Å². The predicted octanol–water partition coefficient (Wildman–Crippen LogP) is 6.92. The molecule has 2 fully saturated rings. The zero-order chi connectivity index (χ0) is 32.1. The predicted molar refractivity (Wildman–Crippen MR) is 178 cm³/mol. The highest BCUT2D eigenvalue weighted by atomic mass is 16.7. The number of carbonyl (C=O) groups excluding carboxylic acids is 1. The molecule has 0 unspecified atom stereocenters. The van der Waals surface area contributed by atoms with Gasteiger partial charge in [-0.2, -0.15) is 0 Å². The Bertz CT molecular complexity index is 1390. The molecule has 1 amide bonds. The Morgan fingerprint density at radius 2 is 1.50 bits per heavy atom. The van der Waals surface area contributed by atoms with Crippen LogP contribution in [0, 0.1) is 0 Å². The lowest BCUT2D eigenvalue weighted by atomic mass is 9.98. The van der Waals surface area contributed by atoms with Crippen molar-refractivity contribution in [1.82, 2.24) is 10.2 Å². The third-order valence-electron chi connectivity index (χ3n) is 9.00. The third kappa shape index (κ3) is 10.2. The molecule has 3 N–H and O–H groups in total. The van der Waals surface area contributed by atoms with Gasteiger partial charge in [-0.15, -0.1) is 0 Å². The molecular weight excluding hydrogens is 580 g/mol. The summed E-state index contributed by atoms with van der Waals surface area (Å²) in [6, 6.07) is 24.6. The number of amides is 1. The molecule has 3 aromatic rings. The number of piperidine rings is 1. The lowest BCUT2D eigenvalue weighted by Crippen LogP contribution is -2.41. The standard InChI is InChI=1S/C38H48N2O6/c41-27-28-13-15-31(16-14-28)35-24-34(26-40-21-6-3-7-22-40)45-38(46-35)32-19-17-30(18-20-32)33-10-8-9-29(23-33)25-39-36(42)11-4-1-2-5-12-37(43)44/h8-10,13-20,23,34-35,38,41H,1-7,11-12,21-22,24-27H2,(H,39,42)(H,43,44)/t34-,35+,38+/m1/s1. The Morgan fingerprint density at radius 3 is 2.22 bits per heavy atom. The number of benzene rings is 3. The minimum atomic E-state index is -0.768. The highest BCUT2D eigenvalue weighted by molar-refractivity contribution is 5.76. The minimum Gasteiger partial charge on any atom is -0.481 e. The second kappa shape index (κ2) is 17.4. The number of ether oxygens (including phenoxy) is 2. The molecule has 2 aliphatic heterocycles. The largest absolute Gasteiger partial charge is 0.481 e. The highest BCUT2D eigenvalue weighted by Crippen LogP contribution is 2.39. The highest BCUT2D eigenvalue weighted by Gasteiger charge is 2.33. The number of carboxylic acids is 1. The van der Waals surface area contributed by atoms with E-state index in [2.05, 4.69) is 58.7 Å². The summed E-state index contributed by atoms with van der Waals surface area (Å²) in [6.45, 7) is 3.63. The summed E-state index contributed by atoms with van der Waals surface area (Å²) >= 11 is 0. The van der Waals surface area contributed by atoms with Crippen LogP contribution >= 0.6 is 0 Å². The number of aliphatic hydroxyl groups excluding tert-OH is 1. The van der Waals surface area contributed by atoms with Gasteiger partial charge in [-0.25, -0.2) is 0 Å². The second-order valence-corrected chi connectivity index (χ2v) is 12.6. The molecule has 0 aromatic heterocycles. The van der Waals surface area contributed by atoms with Crippen molar-refractivity contribution in [2.75, 3.05) is 19.6 Å². The number of aliphatic carboxylic acids is 1. The van der Waals surface area contributed by atoms with Crippen molar-refractivity contribution in [2.24, 2.45) is 0 Å². The first-order valence-electron chi connectivity index (χ1n) is 16.9. The third-order valence-corrected chi connectivity index (χ3v) is 9.00. The van der Waals surface area contributed by atoms with E-state index in [9.17, 15) is 14.7 Å². The van der Waals surface area contributed by atoms with Gasteiger partial charge in [0.05, 0.1) is 18.8 Å². The summed E-state index contributed by atoms with van der Waals surface area (Å²) < 4.78 is 13.1. The van der Waals surface area contributed by atoms with E-state index in [0.717, 1.165) is 78.7 Å². The molecule has 0 radical (unpaired) electrons. The van der Waals surface area contributed by atoms with Crippen LogP contribution in [0.25, 0.3) is 11.1 Å². The van der Waals surface area contributed by atoms with E-state index >= 15 is 0 Å². The molecule has 246 valence electrons. The summed E-state index contributed by atoms with van der Waals surface area (Å²) in [5.41, 5.74) is 6.16. The zero-order valence-corrected chi connectivity index (χ0v) is 26.7. The molecule has 0 aliphatic carbocycles. The van der Waals surface area contributed by atoms with Gasteiger partial charge in [0.25, 0.3) is 0 Å². The molecule has 0 saturated carbocycles. The van der Waals surface area contributed by atoms with Crippen molar-refractivity contribution in [3.63, 3.8) is 0 Å². The Balaban J connectivity index is 1.19. The van der Waals surface area contributed by atoms with Gasteiger partial charge in [0, 0.05) is 37.9 Å². The van der Waals surface area contributed by atoms with Crippen LogP contribution in [0.5, 0.6) is 0 Å². The summed E-state index contributed by atoms with van der Waals surface area (Å²) in [5, 5.41) is 21.2. The maximum Gasteiger partial charge on any atom is 0.303 e. The van der Waals surface area contributed by atoms with Crippen molar-refractivity contribution < 1.29 is 29.3 Å². The van der Waals surface area contributed by atoms with Crippen LogP contribution in [0.4, 0.5) is 0 Å². The zero-order valence-electron chi connectivity index (χ0n) is 26.7. The molecule has 0 bridgehead atoms. The Labute approximate surface area is 272 Å². The van der Waals surface area contributed by atoms with Crippen LogP contribution in [0.2, 0.25) is 0 Å². The lowest BCUT2D eigenvalue weighted by molar-refractivity contribution is -0.253. The molecule has 2 aliphatic rings. The first kappa shape index (κ1) is 33.8. The number of likely N-dealkylation sites (tertiary alicyclic amines) is 1. The molecule has 3 aromatic carbocycles. The summed E-state index contributed by atoms with van der Waals surface area (Å²) in [5.74, 6) is -0.752. The number of nitrogens with zero attached hydrogens (tertiary/aromatic N) is 1. The Hall–Kier alpha value is -3.56. The first-order valence-corrected chi connectivity index (χ1v) is 16.9. The first-order chi connectivity index (χ1) is 22.5. The van der Waals surface area contributed by atoms with E-state index in [0.29, 0.717) is 19.4 Å². The van der Waals surface area contributed by atoms with Gasteiger partial charge in [0.15, 0.2) is 6.29 Å². The second-order valence-electron chi connectivity index (χ2n) is 12.6. The van der Waals surface area contributed by atoms with Gasteiger partial charge in [-0.05, 0) is 72.7 Å². The quantitative estimate of drug-likeness (QED) is 0.157. The summed E-state index contributed by atoms with van der Waals surface area (Å²) in [4.78, 5) is 25.5. The molecule has 46 heavy (non-hydrogen) atoms. The smallest absolute Gasteiger partial charge is 0.303 e. The number of carboxylic acid groups (broad SMARTS) is 1. The molecule has 2 heterocycles. The average molecular weight is 629 g/mol. The maximum atomic E-state index is 12.3. The summed E-state index contributed by atoms with van der Waals surface area (Å²) in [7, 11) is 0. The van der Waals surface area contributed by atoms with Gasteiger partial charge < -0.3 is 29.9 Å². The van der Waals surface area contributed by atoms with Gasteiger partial charge in [0.1, 0.15) is 0 Å². The van der Waals surface area contributed by atoms with Crippen molar-refractivity contribution in [1.29, 1.82) is 0 Å². The van der Waals surface area contributed by atoms with E-state index in [4.69, 9.17) is 14.6 Å². The fourth-order valence-electron chi connectivity index (χ4n) is 6.36. The van der Waals surface area contributed by atoms with E-state index in [1.165, 1.54) is 19.3 Å². The Kier molecular flexibility index (Phi) is 12.8. The number of nitrogens with one attached hydrogen (secondary N) is 1. The lowest BCUT2D eigenvalue weighted by Gasteiger charge is -2.39. The molecule has 8 nitrogen and oxygen atoms in total. The van der Waals surface area contributed by atoms with Gasteiger partial charge >= 0.3 is 5.97 Å². The molecule has 3 atom stereocenters. The van der Waals surface area contributed by atoms with Crippen LogP contribution in [0.3, 0.4) is 0 Å². The molecule has 2 saturated heterocycles. The molecular formula is C38H48N2O6. The van der Waals surface area contributed by atoms with Crippen LogP contribution in [-0.4, -0.2) is 52.7 Å². The van der Waals surface area contributed by atoms with Crippen LogP contribution in [0.15, 0.2) is 72.8 Å². The van der Waals surface area contributed by atoms with E-state index in [1.54, 1.807) is 0 Å². The number of unbranched alkanes of at least 4 members (excludes halogenated alkanes) is 3. The fraction of sp³-hybridized carbons (Fsp3) is 0.474. The van der Waals surface area contributed by atoms with Crippen LogP contribution < -0.4 is 5.32 Å². The van der Waals surface area contributed by atoms with Crippen LogP contribution in [0.1, 0.15) is 98.9 Å². The molecule has 8 heteroatoms. The fourth-order valence-corrected chi connectivity index (χ4v) is 6.36. The van der Waals surface area contributed by atoms with Crippen molar-refractivity contribution in [3.8, 4) is 11.1 Å². The van der Waals surface area contributed by atoms with Gasteiger partial charge in [-0.1, -0.05) is 86.0 Å². The number of hydrogen-bond donors (Lipinski definition) is 3. The minimum absolute atomic E-state index is 0.0155. The van der Waals surface area contributed by atoms with E-state index in [-0.39, 0.29) is 31.1 Å². The summed E-state index contributed by atoms with van der Waals surface area (Å²) in [6.07, 6.45) is 7.83. The number of carbonyl (C=O) groups is 2. The van der Waals surface area contributed by atoms with Crippen molar-refractivity contribution in [3.05, 3.63) is 95.1 Å². The molecule has 5 rings (SSSR count). The van der Waals surface area contributed by atoms with Gasteiger partial charge in [0.2, 0.25) is 5.91 Å². The number of aliphatic hydroxyl groups is 1. The van der Waals surface area contributed by atoms with Crippen molar-refractivity contribution >= 4 is 11.9 Å². The maximum absolute atomic E-state index is 12.3. The SMILES string of the molecule is O=C(O)CCCCCCC(=O)NCc1cccc(-c2ccc([C@H]3O[C@@H](CN4CCCCC4)C[C@@H](c4ccc(CO)cc4)O3)cc2)c1. The number of rotatable bonds is 15.